The van der Waals surface area contributed by atoms with E-state index in [0.29, 0.717) is 30.8 Å². The van der Waals surface area contributed by atoms with Gasteiger partial charge >= 0.3 is 5.63 Å². The standard InChI is InChI=1S/C27H25NO3/c1-3-19-10-7-11-21(14-19)28-16-24-25(30-17-28)13-12-22-18(2)23(27(29)31-26(22)24)15-20-8-5-4-6-9-20/h4-14H,3,15-17H2,1-2H3. The number of ether oxygens (including phenoxy) is 1. The molecule has 5 rings (SSSR count). The van der Waals surface area contributed by atoms with E-state index in [-0.39, 0.29) is 5.63 Å². The molecule has 2 heterocycles. The predicted octanol–water partition coefficient (Wildman–Crippen LogP) is 5.61. The van der Waals surface area contributed by atoms with Crippen LogP contribution >= 0.6 is 0 Å². The van der Waals surface area contributed by atoms with Gasteiger partial charge in [0.15, 0.2) is 6.73 Å². The Kier molecular flexibility index (Phi) is 4.99. The van der Waals surface area contributed by atoms with Crippen LogP contribution in [-0.4, -0.2) is 6.73 Å². The second-order valence-electron chi connectivity index (χ2n) is 8.07. The van der Waals surface area contributed by atoms with Crippen LogP contribution < -0.4 is 15.3 Å². The van der Waals surface area contributed by atoms with Crippen molar-refractivity contribution in [2.45, 2.75) is 33.2 Å². The number of benzene rings is 3. The Morgan fingerprint density at radius 1 is 0.968 bits per heavy atom. The zero-order valence-electron chi connectivity index (χ0n) is 17.9. The molecule has 0 unspecified atom stereocenters. The maximum Gasteiger partial charge on any atom is 0.340 e. The number of rotatable bonds is 4. The molecule has 0 radical (unpaired) electrons. The highest BCUT2D eigenvalue weighted by atomic mass is 16.5. The normalized spacial score (nSPS) is 13.2. The molecule has 3 aromatic carbocycles. The summed E-state index contributed by atoms with van der Waals surface area (Å²) in [5.41, 5.74) is 6.47. The molecule has 31 heavy (non-hydrogen) atoms. The first kappa shape index (κ1) is 19.4. The van der Waals surface area contributed by atoms with Crippen molar-refractivity contribution >= 4 is 16.7 Å². The first-order chi connectivity index (χ1) is 15.1. The Morgan fingerprint density at radius 2 is 1.77 bits per heavy atom. The largest absolute Gasteiger partial charge is 0.473 e. The zero-order valence-corrected chi connectivity index (χ0v) is 17.9. The molecule has 1 aliphatic heterocycles. The summed E-state index contributed by atoms with van der Waals surface area (Å²) in [5, 5.41) is 0.969. The Morgan fingerprint density at radius 3 is 2.58 bits per heavy atom. The third-order valence-electron chi connectivity index (χ3n) is 6.15. The maximum absolute atomic E-state index is 13.0. The molecule has 0 saturated heterocycles. The average molecular weight is 412 g/mol. The smallest absolute Gasteiger partial charge is 0.340 e. The lowest BCUT2D eigenvalue weighted by Crippen LogP contribution is -2.32. The minimum Gasteiger partial charge on any atom is -0.473 e. The van der Waals surface area contributed by atoms with Gasteiger partial charge < -0.3 is 14.1 Å². The molecule has 156 valence electrons. The van der Waals surface area contributed by atoms with Gasteiger partial charge in [-0.2, -0.15) is 0 Å². The molecular weight excluding hydrogens is 386 g/mol. The van der Waals surface area contributed by atoms with E-state index in [1.807, 2.05) is 49.4 Å². The lowest BCUT2D eigenvalue weighted by molar-refractivity contribution is 0.289. The van der Waals surface area contributed by atoms with Gasteiger partial charge in [0.25, 0.3) is 0 Å². The van der Waals surface area contributed by atoms with Crippen LogP contribution in [-0.2, 0) is 19.4 Å². The quantitative estimate of drug-likeness (QED) is 0.409. The molecule has 0 saturated carbocycles. The average Bonchev–Trinajstić information content (AvgIpc) is 2.82. The summed E-state index contributed by atoms with van der Waals surface area (Å²) in [7, 11) is 0. The van der Waals surface area contributed by atoms with Crippen LogP contribution in [0.25, 0.3) is 11.0 Å². The Hall–Kier alpha value is -3.53. The van der Waals surface area contributed by atoms with Crippen LogP contribution in [0.1, 0.15) is 34.7 Å². The molecule has 1 aliphatic rings. The lowest BCUT2D eigenvalue weighted by Gasteiger charge is -2.31. The van der Waals surface area contributed by atoms with E-state index in [4.69, 9.17) is 9.15 Å². The Labute approximate surface area is 181 Å². The topological polar surface area (TPSA) is 42.7 Å². The SMILES string of the molecule is CCc1cccc(N2COc3ccc4c(C)c(Cc5ccccc5)c(=O)oc4c3C2)c1. The molecule has 0 fully saturated rings. The van der Waals surface area contributed by atoms with E-state index in [1.54, 1.807) is 0 Å². The van der Waals surface area contributed by atoms with Crippen LogP contribution in [0.5, 0.6) is 5.75 Å². The number of fused-ring (bicyclic) bond motifs is 3. The highest BCUT2D eigenvalue weighted by Gasteiger charge is 2.23. The third kappa shape index (κ3) is 3.59. The summed E-state index contributed by atoms with van der Waals surface area (Å²) in [6, 6.07) is 22.5. The number of hydrogen-bond acceptors (Lipinski definition) is 4. The van der Waals surface area contributed by atoms with Gasteiger partial charge in [-0.3, -0.25) is 0 Å². The molecule has 0 spiro atoms. The van der Waals surface area contributed by atoms with Crippen molar-refractivity contribution in [1.29, 1.82) is 0 Å². The molecular formula is C27H25NO3. The highest BCUT2D eigenvalue weighted by molar-refractivity contribution is 5.86. The molecule has 0 amide bonds. The van der Waals surface area contributed by atoms with Crippen molar-refractivity contribution in [3.63, 3.8) is 0 Å². The minimum atomic E-state index is -0.271. The Balaban J connectivity index is 1.57. The van der Waals surface area contributed by atoms with Crippen LogP contribution in [0.4, 0.5) is 5.69 Å². The number of anilines is 1. The second kappa shape index (κ2) is 7.95. The van der Waals surface area contributed by atoms with E-state index in [9.17, 15) is 4.79 Å². The van der Waals surface area contributed by atoms with Crippen molar-refractivity contribution in [3.05, 3.63) is 105 Å². The third-order valence-corrected chi connectivity index (χ3v) is 6.15. The zero-order chi connectivity index (χ0) is 21.4. The number of nitrogens with zero attached hydrogens (tertiary/aromatic N) is 1. The van der Waals surface area contributed by atoms with Gasteiger partial charge in [-0.25, -0.2) is 4.79 Å². The summed E-state index contributed by atoms with van der Waals surface area (Å²) in [4.78, 5) is 15.1. The van der Waals surface area contributed by atoms with Gasteiger partial charge in [0, 0.05) is 23.1 Å². The van der Waals surface area contributed by atoms with Crippen molar-refractivity contribution in [3.8, 4) is 5.75 Å². The minimum absolute atomic E-state index is 0.271. The lowest BCUT2D eigenvalue weighted by atomic mass is 9.97. The van der Waals surface area contributed by atoms with Crippen LogP contribution in [0.2, 0.25) is 0 Å². The molecule has 0 atom stereocenters. The summed E-state index contributed by atoms with van der Waals surface area (Å²) < 4.78 is 12.0. The fourth-order valence-electron chi connectivity index (χ4n) is 4.30. The van der Waals surface area contributed by atoms with Gasteiger partial charge in [-0.1, -0.05) is 49.4 Å². The fourth-order valence-corrected chi connectivity index (χ4v) is 4.30. The molecule has 0 bridgehead atoms. The van der Waals surface area contributed by atoms with E-state index in [1.165, 1.54) is 5.56 Å². The number of hydrogen-bond donors (Lipinski definition) is 0. The number of aryl methyl sites for hydroxylation is 2. The van der Waals surface area contributed by atoms with Crippen molar-refractivity contribution in [2.75, 3.05) is 11.6 Å². The summed E-state index contributed by atoms with van der Waals surface area (Å²) in [6.07, 6.45) is 1.55. The monoisotopic (exact) mass is 411 g/mol. The first-order valence-corrected chi connectivity index (χ1v) is 10.7. The van der Waals surface area contributed by atoms with E-state index < -0.39 is 0 Å². The summed E-state index contributed by atoms with van der Waals surface area (Å²) >= 11 is 0. The van der Waals surface area contributed by atoms with Crippen molar-refractivity contribution in [2.24, 2.45) is 0 Å². The highest BCUT2D eigenvalue weighted by Crippen LogP contribution is 2.35. The van der Waals surface area contributed by atoms with Crippen LogP contribution in [0.15, 0.2) is 75.9 Å². The Bertz CT molecular complexity index is 1310. The fraction of sp³-hybridized carbons (Fsp3) is 0.222. The van der Waals surface area contributed by atoms with E-state index in [2.05, 4.69) is 36.1 Å². The first-order valence-electron chi connectivity index (χ1n) is 10.7. The molecule has 4 aromatic rings. The predicted molar refractivity (Wildman–Crippen MR) is 124 cm³/mol. The molecule has 0 N–H and O–H groups in total. The van der Waals surface area contributed by atoms with Gasteiger partial charge in [0.2, 0.25) is 0 Å². The second-order valence-corrected chi connectivity index (χ2v) is 8.07. The van der Waals surface area contributed by atoms with Crippen LogP contribution in [0, 0.1) is 6.92 Å². The van der Waals surface area contributed by atoms with Crippen molar-refractivity contribution < 1.29 is 9.15 Å². The summed E-state index contributed by atoms with van der Waals surface area (Å²) in [5.74, 6) is 0.786. The van der Waals surface area contributed by atoms with E-state index in [0.717, 1.165) is 39.9 Å². The summed E-state index contributed by atoms with van der Waals surface area (Å²) in [6.45, 7) is 5.27. The van der Waals surface area contributed by atoms with Gasteiger partial charge in [0.05, 0.1) is 12.1 Å². The van der Waals surface area contributed by atoms with Gasteiger partial charge in [-0.15, -0.1) is 0 Å². The van der Waals surface area contributed by atoms with Gasteiger partial charge in [-0.05, 0) is 54.3 Å². The van der Waals surface area contributed by atoms with Crippen LogP contribution in [0.3, 0.4) is 0 Å². The van der Waals surface area contributed by atoms with E-state index >= 15 is 0 Å². The van der Waals surface area contributed by atoms with Crippen molar-refractivity contribution in [1.82, 2.24) is 0 Å². The molecule has 4 nitrogen and oxygen atoms in total. The maximum atomic E-state index is 13.0. The molecule has 4 heteroatoms. The molecule has 1 aromatic heterocycles. The molecule has 0 aliphatic carbocycles. The van der Waals surface area contributed by atoms with Gasteiger partial charge in [0.1, 0.15) is 11.3 Å².